The highest BCUT2D eigenvalue weighted by Gasteiger charge is 2.63. The van der Waals surface area contributed by atoms with Crippen molar-refractivity contribution < 1.29 is 32.8 Å². The van der Waals surface area contributed by atoms with E-state index in [2.05, 4.69) is 16.0 Å². The molecule has 1 aromatic carbocycles. The number of hydrogen-bond acceptors (Lipinski definition) is 6. The first-order valence-corrected chi connectivity index (χ1v) is 13.8. The monoisotopic (exact) mass is 578 g/mol. The van der Waals surface area contributed by atoms with E-state index in [1.807, 2.05) is 44.2 Å². The zero-order chi connectivity index (χ0) is 30.4. The molecule has 2 heterocycles. The van der Waals surface area contributed by atoms with Gasteiger partial charge in [0.2, 0.25) is 29.5 Å². The topological polar surface area (TPSA) is 154 Å². The van der Waals surface area contributed by atoms with E-state index in [0.717, 1.165) is 10.5 Å². The molecular formula is C28H40F2N6O5. The standard InChI is InChI=1S/C28H40F2N6O5/c1-18(2)11-22(34-23(38)13-32-25(40)21(31)12-20-7-5-4-6-8-20)26(41)33-14-24(39)36-15-27(16-36)9-10-35(19(3)37)17-28(27,29)30/h4-8,18,21-22H,9-17,31H2,1-3H3,(H,32,40)(H,33,41)(H,34,38). The minimum absolute atomic E-state index is 0.0222. The maximum atomic E-state index is 14.8. The summed E-state index contributed by atoms with van der Waals surface area (Å²) in [6.45, 7) is 3.41. The molecule has 2 unspecified atom stereocenters. The summed E-state index contributed by atoms with van der Waals surface area (Å²) in [5.74, 6) is -5.72. The van der Waals surface area contributed by atoms with Crippen LogP contribution < -0.4 is 21.7 Å². The summed E-state index contributed by atoms with van der Waals surface area (Å²) < 4.78 is 29.6. The Kier molecular flexibility index (Phi) is 10.4. The molecule has 2 saturated heterocycles. The van der Waals surface area contributed by atoms with Crippen LogP contribution in [0.1, 0.15) is 39.2 Å². The molecule has 1 spiro atoms. The van der Waals surface area contributed by atoms with Gasteiger partial charge in [0.15, 0.2) is 0 Å². The number of piperidine rings is 1. The molecule has 2 fully saturated rings. The maximum Gasteiger partial charge on any atom is 0.274 e. The van der Waals surface area contributed by atoms with Gasteiger partial charge in [0, 0.05) is 26.6 Å². The van der Waals surface area contributed by atoms with Crippen LogP contribution in [0.25, 0.3) is 0 Å². The van der Waals surface area contributed by atoms with Crippen LogP contribution in [0, 0.1) is 11.3 Å². The Labute approximate surface area is 238 Å². The van der Waals surface area contributed by atoms with Crippen LogP contribution in [-0.2, 0) is 30.4 Å². The Morgan fingerprint density at radius 1 is 0.951 bits per heavy atom. The molecule has 5 amide bonds. The van der Waals surface area contributed by atoms with E-state index in [1.165, 1.54) is 11.8 Å². The number of nitrogens with zero attached hydrogens (tertiary/aromatic N) is 2. The zero-order valence-electron chi connectivity index (χ0n) is 23.8. The van der Waals surface area contributed by atoms with Crippen LogP contribution in [0.5, 0.6) is 0 Å². The van der Waals surface area contributed by atoms with Crippen LogP contribution in [-0.4, -0.2) is 96.6 Å². The number of alkyl halides is 2. The third-order valence-corrected chi connectivity index (χ3v) is 7.64. The largest absolute Gasteiger partial charge is 0.346 e. The van der Waals surface area contributed by atoms with Crippen LogP contribution in [0.4, 0.5) is 8.78 Å². The number of rotatable bonds is 11. The molecule has 3 rings (SSSR count). The Bertz CT molecular complexity index is 1130. The van der Waals surface area contributed by atoms with E-state index < -0.39 is 66.0 Å². The molecule has 0 bridgehead atoms. The highest BCUT2D eigenvalue weighted by molar-refractivity contribution is 5.92. The Balaban J connectivity index is 1.45. The van der Waals surface area contributed by atoms with Crippen molar-refractivity contribution in [3.8, 4) is 0 Å². The molecule has 41 heavy (non-hydrogen) atoms. The first kappa shape index (κ1) is 31.9. The lowest BCUT2D eigenvalue weighted by molar-refractivity contribution is -0.223. The minimum atomic E-state index is -3.12. The summed E-state index contributed by atoms with van der Waals surface area (Å²) in [5, 5.41) is 7.55. The summed E-state index contributed by atoms with van der Waals surface area (Å²) in [6, 6.07) is 7.38. The van der Waals surface area contributed by atoms with E-state index in [0.29, 0.717) is 6.42 Å². The number of benzene rings is 1. The van der Waals surface area contributed by atoms with Gasteiger partial charge >= 0.3 is 0 Å². The Hall–Kier alpha value is -3.61. The molecule has 13 heteroatoms. The quantitative estimate of drug-likeness (QED) is 0.291. The predicted octanol–water partition coefficient (Wildman–Crippen LogP) is 0.0358. The molecular weight excluding hydrogens is 538 g/mol. The van der Waals surface area contributed by atoms with E-state index in [-0.39, 0.29) is 44.9 Å². The number of likely N-dealkylation sites (tertiary alicyclic amines) is 2. The van der Waals surface area contributed by atoms with E-state index >= 15 is 0 Å². The van der Waals surface area contributed by atoms with Gasteiger partial charge in [0.1, 0.15) is 6.04 Å². The van der Waals surface area contributed by atoms with Crippen molar-refractivity contribution in [2.75, 3.05) is 39.3 Å². The van der Waals surface area contributed by atoms with Gasteiger partial charge in [-0.05, 0) is 30.7 Å². The number of carbonyl (C=O) groups is 5. The number of halogens is 2. The number of nitrogens with one attached hydrogen (secondary N) is 3. The van der Waals surface area contributed by atoms with Gasteiger partial charge in [0.05, 0.1) is 31.1 Å². The van der Waals surface area contributed by atoms with Crippen LogP contribution in [0.3, 0.4) is 0 Å². The van der Waals surface area contributed by atoms with Crippen LogP contribution in [0.2, 0.25) is 0 Å². The molecule has 0 radical (unpaired) electrons. The van der Waals surface area contributed by atoms with E-state index in [9.17, 15) is 32.8 Å². The van der Waals surface area contributed by atoms with Crippen molar-refractivity contribution in [3.63, 3.8) is 0 Å². The normalized spacial score (nSPS) is 18.7. The second kappa shape index (κ2) is 13.4. The smallest absolute Gasteiger partial charge is 0.274 e. The molecule has 2 atom stereocenters. The molecule has 11 nitrogen and oxygen atoms in total. The van der Waals surface area contributed by atoms with E-state index in [1.54, 1.807) is 0 Å². The molecule has 5 N–H and O–H groups in total. The number of amides is 5. The molecule has 2 aliphatic rings. The summed E-state index contributed by atoms with van der Waals surface area (Å²) in [7, 11) is 0. The van der Waals surface area contributed by atoms with Crippen molar-refractivity contribution in [1.29, 1.82) is 0 Å². The predicted molar refractivity (Wildman–Crippen MR) is 146 cm³/mol. The Morgan fingerprint density at radius 3 is 2.17 bits per heavy atom. The third-order valence-electron chi connectivity index (χ3n) is 7.64. The molecule has 1 aromatic rings. The minimum Gasteiger partial charge on any atom is -0.346 e. The number of hydrogen-bond donors (Lipinski definition) is 4. The molecule has 0 aliphatic carbocycles. The average Bonchev–Trinajstić information content (AvgIpc) is 2.88. The van der Waals surface area contributed by atoms with Gasteiger partial charge in [-0.15, -0.1) is 0 Å². The fourth-order valence-corrected chi connectivity index (χ4v) is 5.14. The average molecular weight is 579 g/mol. The maximum absolute atomic E-state index is 14.8. The molecule has 0 aromatic heterocycles. The second-order valence-corrected chi connectivity index (χ2v) is 11.4. The molecule has 226 valence electrons. The zero-order valence-corrected chi connectivity index (χ0v) is 23.8. The van der Waals surface area contributed by atoms with Crippen molar-refractivity contribution in [3.05, 3.63) is 35.9 Å². The fourth-order valence-electron chi connectivity index (χ4n) is 5.14. The van der Waals surface area contributed by atoms with Crippen LogP contribution >= 0.6 is 0 Å². The highest BCUT2D eigenvalue weighted by atomic mass is 19.3. The van der Waals surface area contributed by atoms with Crippen LogP contribution in [0.15, 0.2) is 30.3 Å². The molecule has 2 aliphatic heterocycles. The SMILES string of the molecule is CC(=O)N1CCC2(CN(C(=O)CNC(=O)C(CC(C)C)NC(=O)CNC(=O)C(N)Cc3ccccc3)C2)C(F)(F)C1. The van der Waals surface area contributed by atoms with Crippen molar-refractivity contribution in [1.82, 2.24) is 25.8 Å². The lowest BCUT2D eigenvalue weighted by Crippen LogP contribution is -2.71. The van der Waals surface area contributed by atoms with Gasteiger partial charge in [-0.1, -0.05) is 44.2 Å². The van der Waals surface area contributed by atoms with Crippen molar-refractivity contribution in [2.45, 2.75) is 58.0 Å². The van der Waals surface area contributed by atoms with Crippen molar-refractivity contribution >= 4 is 29.5 Å². The highest BCUT2D eigenvalue weighted by Crippen LogP contribution is 2.50. The summed E-state index contributed by atoms with van der Waals surface area (Å²) in [5.41, 5.74) is 5.44. The van der Waals surface area contributed by atoms with Gasteiger partial charge in [-0.25, -0.2) is 8.78 Å². The summed E-state index contributed by atoms with van der Waals surface area (Å²) >= 11 is 0. The first-order chi connectivity index (χ1) is 19.2. The number of nitrogens with two attached hydrogens (primary N) is 1. The first-order valence-electron chi connectivity index (χ1n) is 13.8. The lowest BCUT2D eigenvalue weighted by atomic mass is 9.69. The van der Waals surface area contributed by atoms with Gasteiger partial charge in [0.25, 0.3) is 5.92 Å². The summed E-state index contributed by atoms with van der Waals surface area (Å²) in [4.78, 5) is 64.2. The lowest BCUT2D eigenvalue weighted by Gasteiger charge is -2.57. The Morgan fingerprint density at radius 2 is 1.59 bits per heavy atom. The van der Waals surface area contributed by atoms with Gasteiger partial charge < -0.3 is 31.5 Å². The van der Waals surface area contributed by atoms with Gasteiger partial charge in [-0.2, -0.15) is 0 Å². The van der Waals surface area contributed by atoms with E-state index in [4.69, 9.17) is 5.73 Å². The third kappa shape index (κ3) is 8.21. The molecule has 0 saturated carbocycles. The summed E-state index contributed by atoms with van der Waals surface area (Å²) in [6.07, 6.45) is 0.665. The fraction of sp³-hybridized carbons (Fsp3) is 0.607. The van der Waals surface area contributed by atoms with Crippen molar-refractivity contribution in [2.24, 2.45) is 17.1 Å². The second-order valence-electron chi connectivity index (χ2n) is 11.4. The van der Waals surface area contributed by atoms with Gasteiger partial charge in [-0.3, -0.25) is 24.0 Å². The number of carbonyl (C=O) groups excluding carboxylic acids is 5.